The van der Waals surface area contributed by atoms with Crippen LogP contribution in [-0.2, 0) is 15.8 Å². The van der Waals surface area contributed by atoms with Gasteiger partial charge in [-0.2, -0.15) is 4.31 Å². The van der Waals surface area contributed by atoms with Crippen molar-refractivity contribution in [2.45, 2.75) is 38.0 Å². The standard InChI is InChI=1S/C21H27N3O3S/c1-17-8-7-9-18(14-17)16-28(26,27)24-13-6-5-12-20(24)15-22-21(25)23-19-10-3-2-4-11-19/h2-4,7-11,14,20H,5-6,12-13,15-16H2,1H3,(H2,22,23,25). The highest BCUT2D eigenvalue weighted by Gasteiger charge is 2.32. The lowest BCUT2D eigenvalue weighted by Crippen LogP contribution is -2.50. The van der Waals surface area contributed by atoms with Gasteiger partial charge in [-0.15, -0.1) is 0 Å². The number of nitrogens with zero attached hydrogens (tertiary/aromatic N) is 1. The van der Waals surface area contributed by atoms with Gasteiger partial charge < -0.3 is 10.6 Å². The van der Waals surface area contributed by atoms with Crippen molar-refractivity contribution in [3.8, 4) is 0 Å². The number of hydrogen-bond donors (Lipinski definition) is 2. The fraction of sp³-hybridized carbons (Fsp3) is 0.381. The molecule has 1 aliphatic rings. The number of piperidine rings is 1. The van der Waals surface area contributed by atoms with Crippen molar-refractivity contribution in [3.63, 3.8) is 0 Å². The highest BCUT2D eigenvalue weighted by Crippen LogP contribution is 2.23. The zero-order chi connectivity index (χ0) is 20.0. The number of para-hydroxylation sites is 1. The summed E-state index contributed by atoms with van der Waals surface area (Å²) in [6.07, 6.45) is 2.56. The molecule has 1 aliphatic heterocycles. The number of nitrogens with one attached hydrogen (secondary N) is 2. The topological polar surface area (TPSA) is 78.5 Å². The maximum atomic E-state index is 13.0. The van der Waals surface area contributed by atoms with Crippen LogP contribution in [0.25, 0.3) is 0 Å². The zero-order valence-corrected chi connectivity index (χ0v) is 16.9. The first-order valence-electron chi connectivity index (χ1n) is 9.59. The van der Waals surface area contributed by atoms with Crippen LogP contribution in [-0.4, -0.2) is 37.9 Å². The second-order valence-electron chi connectivity index (χ2n) is 7.21. The number of hydrogen-bond acceptors (Lipinski definition) is 3. The molecule has 1 saturated heterocycles. The average molecular weight is 402 g/mol. The van der Waals surface area contributed by atoms with E-state index in [1.54, 1.807) is 16.4 Å². The van der Waals surface area contributed by atoms with Crippen LogP contribution in [0.2, 0.25) is 0 Å². The quantitative estimate of drug-likeness (QED) is 0.778. The van der Waals surface area contributed by atoms with Crippen molar-refractivity contribution < 1.29 is 13.2 Å². The van der Waals surface area contributed by atoms with Gasteiger partial charge in [-0.1, -0.05) is 54.4 Å². The Morgan fingerprint density at radius 2 is 1.89 bits per heavy atom. The molecule has 0 bridgehead atoms. The summed E-state index contributed by atoms with van der Waals surface area (Å²) in [5, 5.41) is 5.58. The Balaban J connectivity index is 1.62. The van der Waals surface area contributed by atoms with Crippen LogP contribution in [0.1, 0.15) is 30.4 Å². The molecule has 2 aromatic carbocycles. The van der Waals surface area contributed by atoms with Gasteiger partial charge in [0.25, 0.3) is 0 Å². The lowest BCUT2D eigenvalue weighted by Gasteiger charge is -2.34. The van der Waals surface area contributed by atoms with Gasteiger partial charge in [-0.05, 0) is 37.5 Å². The molecule has 2 aromatic rings. The summed E-state index contributed by atoms with van der Waals surface area (Å²) in [7, 11) is -3.45. The van der Waals surface area contributed by atoms with Gasteiger partial charge in [0.2, 0.25) is 10.0 Å². The lowest BCUT2D eigenvalue weighted by atomic mass is 10.1. The number of carbonyl (C=O) groups is 1. The van der Waals surface area contributed by atoms with E-state index in [1.165, 1.54) is 0 Å². The van der Waals surface area contributed by atoms with E-state index >= 15 is 0 Å². The summed E-state index contributed by atoms with van der Waals surface area (Å²) in [6.45, 7) is 2.75. The van der Waals surface area contributed by atoms with Gasteiger partial charge in [0.05, 0.1) is 5.75 Å². The second kappa shape index (κ2) is 9.21. The third-order valence-electron chi connectivity index (χ3n) is 4.89. The van der Waals surface area contributed by atoms with Crippen LogP contribution in [0, 0.1) is 6.92 Å². The van der Waals surface area contributed by atoms with Crippen LogP contribution in [0.15, 0.2) is 54.6 Å². The minimum Gasteiger partial charge on any atom is -0.336 e. The molecule has 1 atom stereocenters. The number of rotatable bonds is 6. The minimum atomic E-state index is -3.45. The van der Waals surface area contributed by atoms with Crippen molar-refractivity contribution >= 4 is 21.7 Å². The molecule has 0 aromatic heterocycles. The summed E-state index contributed by atoms with van der Waals surface area (Å²) in [5.74, 6) is -0.0125. The first kappa shape index (κ1) is 20.4. The van der Waals surface area contributed by atoms with Gasteiger partial charge in [-0.25, -0.2) is 13.2 Å². The van der Waals surface area contributed by atoms with Gasteiger partial charge in [0, 0.05) is 24.8 Å². The lowest BCUT2D eigenvalue weighted by molar-refractivity contribution is 0.231. The Bertz CT molecular complexity index is 900. The van der Waals surface area contributed by atoms with E-state index in [4.69, 9.17) is 0 Å². The van der Waals surface area contributed by atoms with E-state index in [0.29, 0.717) is 18.8 Å². The van der Waals surface area contributed by atoms with Crippen molar-refractivity contribution in [3.05, 3.63) is 65.7 Å². The molecule has 0 aliphatic carbocycles. The fourth-order valence-corrected chi connectivity index (χ4v) is 5.36. The molecule has 150 valence electrons. The Kier molecular flexibility index (Phi) is 6.70. The zero-order valence-electron chi connectivity index (χ0n) is 16.1. The predicted molar refractivity (Wildman–Crippen MR) is 112 cm³/mol. The van der Waals surface area contributed by atoms with Crippen LogP contribution >= 0.6 is 0 Å². The smallest absolute Gasteiger partial charge is 0.319 e. The van der Waals surface area contributed by atoms with E-state index < -0.39 is 10.0 Å². The first-order chi connectivity index (χ1) is 13.4. The average Bonchev–Trinajstić information content (AvgIpc) is 2.67. The van der Waals surface area contributed by atoms with E-state index in [2.05, 4.69) is 10.6 Å². The molecule has 1 fully saturated rings. The van der Waals surface area contributed by atoms with Gasteiger partial charge in [0.1, 0.15) is 0 Å². The minimum absolute atomic E-state index is 0.0125. The maximum Gasteiger partial charge on any atom is 0.319 e. The monoisotopic (exact) mass is 401 g/mol. The van der Waals surface area contributed by atoms with E-state index in [1.807, 2.05) is 49.4 Å². The highest BCUT2D eigenvalue weighted by atomic mass is 32.2. The third kappa shape index (κ3) is 5.56. The molecule has 0 radical (unpaired) electrons. The largest absolute Gasteiger partial charge is 0.336 e. The SMILES string of the molecule is Cc1cccc(CS(=O)(=O)N2CCCCC2CNC(=O)Nc2ccccc2)c1. The van der Waals surface area contributed by atoms with Crippen molar-refractivity contribution in [2.24, 2.45) is 0 Å². The number of sulfonamides is 1. The molecule has 7 heteroatoms. The summed E-state index contributed by atoms with van der Waals surface area (Å²) in [6, 6.07) is 16.2. The number of urea groups is 1. The Morgan fingerprint density at radius 3 is 2.64 bits per heavy atom. The molecule has 1 heterocycles. The van der Waals surface area contributed by atoms with Crippen molar-refractivity contribution in [1.29, 1.82) is 0 Å². The number of benzene rings is 2. The Morgan fingerprint density at radius 1 is 1.11 bits per heavy atom. The molecule has 0 saturated carbocycles. The summed E-state index contributed by atoms with van der Waals surface area (Å²) < 4.78 is 27.6. The fourth-order valence-electron chi connectivity index (χ4n) is 3.55. The number of anilines is 1. The molecular weight excluding hydrogens is 374 g/mol. The predicted octanol–water partition coefficient (Wildman–Crippen LogP) is 3.50. The molecule has 0 spiro atoms. The van der Waals surface area contributed by atoms with Gasteiger partial charge in [-0.3, -0.25) is 0 Å². The van der Waals surface area contributed by atoms with Gasteiger partial charge >= 0.3 is 6.03 Å². The van der Waals surface area contributed by atoms with E-state index in [0.717, 1.165) is 30.4 Å². The molecule has 3 rings (SSSR count). The van der Waals surface area contributed by atoms with E-state index in [9.17, 15) is 13.2 Å². The summed E-state index contributed by atoms with van der Waals surface area (Å²) in [5.41, 5.74) is 2.54. The summed E-state index contributed by atoms with van der Waals surface area (Å²) in [4.78, 5) is 12.1. The van der Waals surface area contributed by atoms with Crippen LogP contribution < -0.4 is 10.6 Å². The van der Waals surface area contributed by atoms with E-state index in [-0.39, 0.29) is 17.8 Å². The van der Waals surface area contributed by atoms with Crippen LogP contribution in [0.3, 0.4) is 0 Å². The van der Waals surface area contributed by atoms with Crippen molar-refractivity contribution in [1.82, 2.24) is 9.62 Å². The van der Waals surface area contributed by atoms with Gasteiger partial charge in [0.15, 0.2) is 0 Å². The summed E-state index contributed by atoms with van der Waals surface area (Å²) >= 11 is 0. The molecule has 2 N–H and O–H groups in total. The second-order valence-corrected chi connectivity index (χ2v) is 9.13. The van der Waals surface area contributed by atoms with Crippen LogP contribution in [0.5, 0.6) is 0 Å². The molecule has 6 nitrogen and oxygen atoms in total. The highest BCUT2D eigenvalue weighted by molar-refractivity contribution is 7.88. The molecule has 1 unspecified atom stereocenters. The normalized spacial score (nSPS) is 17.8. The maximum absolute atomic E-state index is 13.0. The van der Waals surface area contributed by atoms with Crippen molar-refractivity contribution in [2.75, 3.05) is 18.4 Å². The number of carbonyl (C=O) groups excluding carboxylic acids is 1. The third-order valence-corrected chi connectivity index (χ3v) is 6.79. The Hall–Kier alpha value is -2.38. The molecule has 2 amide bonds. The molecule has 28 heavy (non-hydrogen) atoms. The molecular formula is C21H27N3O3S. The number of amides is 2. The first-order valence-corrected chi connectivity index (χ1v) is 11.2. The van der Waals surface area contributed by atoms with Crippen LogP contribution in [0.4, 0.5) is 10.5 Å². The number of aryl methyl sites for hydroxylation is 1. The Labute approximate surface area is 167 Å².